The standard InChI is InChI=1S/C15H14F2N4O2/c16-9-5-7-11(22)3-1-2-4-21-10(14(23)20-15(18)19)6-8(12(9)17)13(7)21/h5-6H,1-4H2,(H4,18,19,20,23). The molecule has 0 radical (unpaired) electrons. The van der Waals surface area contributed by atoms with Gasteiger partial charge in [-0.25, -0.2) is 8.78 Å². The van der Waals surface area contributed by atoms with Gasteiger partial charge in [-0.2, -0.15) is 4.99 Å². The molecule has 1 amide bonds. The van der Waals surface area contributed by atoms with Gasteiger partial charge in [0.15, 0.2) is 23.4 Å². The molecule has 120 valence electrons. The summed E-state index contributed by atoms with van der Waals surface area (Å²) in [6, 6.07) is 2.07. The van der Waals surface area contributed by atoms with Crippen LogP contribution < -0.4 is 11.5 Å². The second-order valence-electron chi connectivity index (χ2n) is 5.39. The molecule has 1 aliphatic heterocycles. The van der Waals surface area contributed by atoms with Crippen molar-refractivity contribution in [3.8, 4) is 0 Å². The van der Waals surface area contributed by atoms with Gasteiger partial charge in [-0.15, -0.1) is 0 Å². The molecule has 8 heteroatoms. The number of aliphatic imine (C=N–C) groups is 1. The zero-order valence-electron chi connectivity index (χ0n) is 12.1. The van der Waals surface area contributed by atoms with Crippen LogP contribution in [0.25, 0.3) is 10.9 Å². The van der Waals surface area contributed by atoms with Gasteiger partial charge >= 0.3 is 0 Å². The van der Waals surface area contributed by atoms with Crippen LogP contribution in [-0.2, 0) is 6.54 Å². The Morgan fingerprint density at radius 3 is 2.65 bits per heavy atom. The highest BCUT2D eigenvalue weighted by atomic mass is 19.2. The van der Waals surface area contributed by atoms with Crippen LogP contribution in [0.3, 0.4) is 0 Å². The lowest BCUT2D eigenvalue weighted by molar-refractivity contribution is 0.0969. The van der Waals surface area contributed by atoms with Crippen molar-refractivity contribution < 1.29 is 18.4 Å². The lowest BCUT2D eigenvalue weighted by Gasteiger charge is -2.15. The Labute approximate surface area is 129 Å². The largest absolute Gasteiger partial charge is 0.370 e. The normalized spacial score (nSPS) is 14.4. The lowest BCUT2D eigenvalue weighted by atomic mass is 10.0. The van der Waals surface area contributed by atoms with Crippen molar-refractivity contribution in [2.75, 3.05) is 0 Å². The van der Waals surface area contributed by atoms with Gasteiger partial charge in [0.25, 0.3) is 5.91 Å². The highest BCUT2D eigenvalue weighted by Crippen LogP contribution is 2.31. The molecule has 0 saturated carbocycles. The number of hydrogen-bond donors (Lipinski definition) is 2. The van der Waals surface area contributed by atoms with Gasteiger partial charge in [-0.05, 0) is 25.0 Å². The SMILES string of the molecule is NC(N)=NC(=O)c1cc2c(F)c(F)cc3c2n1CCCCC3=O. The first kappa shape index (κ1) is 15.1. The second kappa shape index (κ2) is 5.45. The average molecular weight is 320 g/mol. The van der Waals surface area contributed by atoms with Gasteiger partial charge < -0.3 is 16.0 Å². The zero-order chi connectivity index (χ0) is 16.7. The van der Waals surface area contributed by atoms with Crippen LogP contribution in [0.2, 0.25) is 0 Å². The third kappa shape index (κ3) is 2.45. The smallest absolute Gasteiger partial charge is 0.296 e. The van der Waals surface area contributed by atoms with Crippen molar-refractivity contribution in [2.45, 2.75) is 25.8 Å². The number of rotatable bonds is 1. The van der Waals surface area contributed by atoms with E-state index in [1.807, 2.05) is 0 Å². The Kier molecular flexibility index (Phi) is 3.59. The highest BCUT2D eigenvalue weighted by molar-refractivity contribution is 6.11. The van der Waals surface area contributed by atoms with Crippen molar-refractivity contribution in [2.24, 2.45) is 16.5 Å². The molecule has 1 aromatic heterocycles. The number of halogens is 2. The molecule has 1 aliphatic rings. The molecule has 2 aromatic rings. The molecule has 6 nitrogen and oxygen atoms in total. The first-order valence-electron chi connectivity index (χ1n) is 7.08. The van der Waals surface area contributed by atoms with E-state index in [1.54, 1.807) is 0 Å². The average Bonchev–Trinajstić information content (AvgIpc) is 2.84. The molecular formula is C15H14F2N4O2. The number of aromatic nitrogens is 1. The number of hydrogen-bond acceptors (Lipinski definition) is 2. The maximum Gasteiger partial charge on any atom is 0.296 e. The molecule has 0 unspecified atom stereocenters. The molecule has 0 spiro atoms. The number of aryl methyl sites for hydroxylation is 1. The molecule has 0 fully saturated rings. The maximum atomic E-state index is 14.1. The van der Waals surface area contributed by atoms with Crippen LogP contribution in [0.15, 0.2) is 17.1 Å². The van der Waals surface area contributed by atoms with E-state index in [2.05, 4.69) is 4.99 Å². The number of ketones is 1. The minimum atomic E-state index is -1.13. The minimum absolute atomic E-state index is 0.0221. The molecule has 2 heterocycles. The number of carbonyl (C=O) groups excluding carboxylic acids is 2. The van der Waals surface area contributed by atoms with Crippen LogP contribution in [0.4, 0.5) is 8.78 Å². The summed E-state index contributed by atoms with van der Waals surface area (Å²) in [7, 11) is 0. The maximum absolute atomic E-state index is 14.1. The molecule has 0 saturated heterocycles. The van der Waals surface area contributed by atoms with E-state index in [9.17, 15) is 18.4 Å². The fraction of sp³-hybridized carbons (Fsp3) is 0.267. The van der Waals surface area contributed by atoms with Crippen LogP contribution in [0.5, 0.6) is 0 Å². The summed E-state index contributed by atoms with van der Waals surface area (Å²) < 4.78 is 29.4. The molecular weight excluding hydrogens is 306 g/mol. The van der Waals surface area contributed by atoms with E-state index in [4.69, 9.17) is 11.5 Å². The Morgan fingerprint density at radius 2 is 1.96 bits per heavy atom. The van der Waals surface area contributed by atoms with E-state index in [-0.39, 0.29) is 34.4 Å². The van der Waals surface area contributed by atoms with Crippen LogP contribution in [0.1, 0.15) is 40.1 Å². The zero-order valence-corrected chi connectivity index (χ0v) is 12.1. The summed E-state index contributed by atoms with van der Waals surface area (Å²) in [5.74, 6) is -3.70. The molecule has 1 aromatic carbocycles. The number of guanidine groups is 1. The van der Waals surface area contributed by atoms with Crippen molar-refractivity contribution >= 4 is 28.6 Å². The molecule has 3 rings (SSSR count). The van der Waals surface area contributed by atoms with Crippen molar-refractivity contribution in [3.05, 3.63) is 35.0 Å². The van der Waals surface area contributed by atoms with Gasteiger partial charge in [-0.1, -0.05) is 0 Å². The molecule has 0 bridgehead atoms. The lowest BCUT2D eigenvalue weighted by Crippen LogP contribution is -2.25. The molecule has 0 aliphatic carbocycles. The van der Waals surface area contributed by atoms with E-state index in [0.29, 0.717) is 19.4 Å². The van der Waals surface area contributed by atoms with Crippen LogP contribution in [-0.4, -0.2) is 22.2 Å². The minimum Gasteiger partial charge on any atom is -0.370 e. The molecule has 0 atom stereocenters. The van der Waals surface area contributed by atoms with Gasteiger partial charge in [0.2, 0.25) is 0 Å². The summed E-state index contributed by atoms with van der Waals surface area (Å²) in [4.78, 5) is 27.8. The third-order valence-corrected chi connectivity index (χ3v) is 3.85. The van der Waals surface area contributed by atoms with Crippen molar-refractivity contribution in [3.63, 3.8) is 0 Å². The van der Waals surface area contributed by atoms with Crippen LogP contribution in [0, 0.1) is 11.6 Å². The number of Topliss-reactive ketones (excluding diaryl/α,β-unsaturated/α-hetero) is 1. The van der Waals surface area contributed by atoms with Gasteiger partial charge in [-0.3, -0.25) is 9.59 Å². The second-order valence-corrected chi connectivity index (χ2v) is 5.39. The summed E-state index contributed by atoms with van der Waals surface area (Å²) in [5.41, 5.74) is 10.7. The highest BCUT2D eigenvalue weighted by Gasteiger charge is 2.26. The van der Waals surface area contributed by atoms with Crippen molar-refractivity contribution in [1.29, 1.82) is 0 Å². The topological polar surface area (TPSA) is 103 Å². The number of carbonyl (C=O) groups is 2. The summed E-state index contributed by atoms with van der Waals surface area (Å²) in [5, 5.41) is -0.121. The van der Waals surface area contributed by atoms with Crippen LogP contribution >= 0.6 is 0 Å². The number of benzene rings is 1. The Bertz CT molecular complexity index is 866. The number of nitrogens with two attached hydrogens (primary N) is 2. The quantitative estimate of drug-likeness (QED) is 0.616. The Balaban J connectivity index is 2.37. The third-order valence-electron chi connectivity index (χ3n) is 3.85. The predicted molar refractivity (Wildman–Crippen MR) is 80.2 cm³/mol. The van der Waals surface area contributed by atoms with E-state index >= 15 is 0 Å². The monoisotopic (exact) mass is 320 g/mol. The predicted octanol–water partition coefficient (Wildman–Crippen LogP) is 1.70. The van der Waals surface area contributed by atoms with E-state index in [1.165, 1.54) is 10.6 Å². The first-order valence-corrected chi connectivity index (χ1v) is 7.08. The summed E-state index contributed by atoms with van der Waals surface area (Å²) >= 11 is 0. The van der Waals surface area contributed by atoms with E-state index < -0.39 is 23.5 Å². The molecule has 23 heavy (non-hydrogen) atoms. The first-order chi connectivity index (χ1) is 10.9. The number of amides is 1. The fourth-order valence-electron chi connectivity index (χ4n) is 2.88. The number of nitrogens with zero attached hydrogens (tertiary/aromatic N) is 2. The van der Waals surface area contributed by atoms with E-state index in [0.717, 1.165) is 6.07 Å². The Morgan fingerprint density at radius 1 is 1.22 bits per heavy atom. The van der Waals surface area contributed by atoms with Gasteiger partial charge in [0, 0.05) is 23.9 Å². The Hall–Kier alpha value is -2.77. The summed E-state index contributed by atoms with van der Waals surface area (Å²) in [6.45, 7) is 0.385. The van der Waals surface area contributed by atoms with Gasteiger partial charge in [0.1, 0.15) is 5.69 Å². The van der Waals surface area contributed by atoms with Gasteiger partial charge in [0.05, 0.1) is 5.52 Å². The fourth-order valence-corrected chi connectivity index (χ4v) is 2.88. The summed E-state index contributed by atoms with van der Waals surface area (Å²) in [6.07, 6.45) is 1.46. The van der Waals surface area contributed by atoms with Crippen molar-refractivity contribution in [1.82, 2.24) is 4.57 Å². The molecule has 4 N–H and O–H groups in total.